The SMILES string of the molecule is O=C(NS(=O)(=O)c1ccc(-n2ccnc2)nc1)c1cnc2ccc(N3CCCC3c3cc(F)ccc3F)cn12. The van der Waals surface area contributed by atoms with E-state index in [4.69, 9.17) is 0 Å². The van der Waals surface area contributed by atoms with E-state index < -0.39 is 33.6 Å². The van der Waals surface area contributed by atoms with Gasteiger partial charge in [0.1, 0.15) is 40.0 Å². The Hall–Kier alpha value is -4.65. The van der Waals surface area contributed by atoms with Crippen LogP contribution >= 0.6 is 0 Å². The molecule has 0 aliphatic carbocycles. The second-order valence-electron chi connectivity index (χ2n) is 9.03. The Morgan fingerprint density at radius 2 is 1.92 bits per heavy atom. The van der Waals surface area contributed by atoms with Gasteiger partial charge < -0.3 is 4.90 Å². The zero-order chi connectivity index (χ0) is 27.1. The monoisotopic (exact) mass is 549 g/mol. The summed E-state index contributed by atoms with van der Waals surface area (Å²) in [7, 11) is -4.23. The molecule has 13 heteroatoms. The number of imidazole rings is 2. The molecule has 1 aliphatic rings. The van der Waals surface area contributed by atoms with Gasteiger partial charge in [-0.3, -0.25) is 13.8 Å². The second-order valence-corrected chi connectivity index (χ2v) is 10.7. The van der Waals surface area contributed by atoms with Crippen LogP contribution in [0.2, 0.25) is 0 Å². The summed E-state index contributed by atoms with van der Waals surface area (Å²) in [4.78, 5) is 27.1. The number of hydrogen-bond acceptors (Lipinski definition) is 7. The fraction of sp³-hybridized carbons (Fsp3) is 0.154. The zero-order valence-electron chi connectivity index (χ0n) is 20.3. The first-order valence-corrected chi connectivity index (χ1v) is 13.5. The van der Waals surface area contributed by atoms with Crippen molar-refractivity contribution in [1.29, 1.82) is 0 Å². The highest BCUT2D eigenvalue weighted by atomic mass is 32.2. The van der Waals surface area contributed by atoms with Crippen LogP contribution < -0.4 is 9.62 Å². The molecule has 1 saturated heterocycles. The van der Waals surface area contributed by atoms with Crippen LogP contribution in [0.4, 0.5) is 14.5 Å². The number of fused-ring (bicyclic) bond motifs is 1. The number of nitrogens with one attached hydrogen (secondary N) is 1. The molecular weight excluding hydrogens is 528 g/mol. The number of carbonyl (C=O) groups excluding carboxylic acids is 1. The van der Waals surface area contributed by atoms with Crippen LogP contribution in [0, 0.1) is 11.6 Å². The minimum absolute atomic E-state index is 0.00824. The molecule has 0 spiro atoms. The number of rotatable bonds is 6. The molecule has 1 atom stereocenters. The summed E-state index contributed by atoms with van der Waals surface area (Å²) in [5.41, 5.74) is 1.32. The lowest BCUT2D eigenvalue weighted by Crippen LogP contribution is -2.31. The van der Waals surface area contributed by atoms with Crippen molar-refractivity contribution in [3.05, 3.63) is 103 Å². The van der Waals surface area contributed by atoms with Gasteiger partial charge in [0.15, 0.2) is 0 Å². The number of aromatic nitrogens is 5. The maximum atomic E-state index is 14.5. The normalized spacial score (nSPS) is 15.6. The van der Waals surface area contributed by atoms with Gasteiger partial charge in [0.2, 0.25) is 0 Å². The van der Waals surface area contributed by atoms with Crippen molar-refractivity contribution in [2.45, 2.75) is 23.8 Å². The Morgan fingerprint density at radius 3 is 2.69 bits per heavy atom. The van der Waals surface area contributed by atoms with Crippen LogP contribution in [0.15, 0.2) is 84.7 Å². The molecule has 6 rings (SSSR count). The van der Waals surface area contributed by atoms with E-state index in [1.807, 2.05) is 4.90 Å². The van der Waals surface area contributed by atoms with E-state index in [0.717, 1.165) is 24.8 Å². The molecule has 10 nitrogen and oxygen atoms in total. The largest absolute Gasteiger partial charge is 0.363 e. The number of benzene rings is 1. The van der Waals surface area contributed by atoms with E-state index in [0.29, 0.717) is 30.1 Å². The van der Waals surface area contributed by atoms with E-state index in [-0.39, 0.29) is 16.2 Å². The third-order valence-corrected chi connectivity index (χ3v) is 7.97. The minimum Gasteiger partial charge on any atom is -0.363 e. The average molecular weight is 550 g/mol. The van der Waals surface area contributed by atoms with Gasteiger partial charge in [-0.1, -0.05) is 0 Å². The molecule has 39 heavy (non-hydrogen) atoms. The average Bonchev–Trinajstić information content (AvgIpc) is 3.70. The summed E-state index contributed by atoms with van der Waals surface area (Å²) in [6, 6.07) is 9.30. The van der Waals surface area contributed by atoms with E-state index >= 15 is 0 Å². The maximum Gasteiger partial charge on any atom is 0.283 e. The van der Waals surface area contributed by atoms with Gasteiger partial charge in [0, 0.05) is 36.9 Å². The number of carbonyl (C=O) groups is 1. The molecule has 198 valence electrons. The Bertz CT molecular complexity index is 1790. The highest BCUT2D eigenvalue weighted by Crippen LogP contribution is 2.37. The van der Waals surface area contributed by atoms with Gasteiger partial charge in [-0.2, -0.15) is 0 Å². The van der Waals surface area contributed by atoms with Crippen LogP contribution in [0.1, 0.15) is 34.9 Å². The lowest BCUT2D eigenvalue weighted by Gasteiger charge is -2.27. The van der Waals surface area contributed by atoms with Gasteiger partial charge in [-0.05, 0) is 55.3 Å². The summed E-state index contributed by atoms with van der Waals surface area (Å²) in [5.74, 6) is -1.43. The van der Waals surface area contributed by atoms with Gasteiger partial charge >= 0.3 is 0 Å². The van der Waals surface area contributed by atoms with Crippen molar-refractivity contribution in [1.82, 2.24) is 28.6 Å². The first-order valence-electron chi connectivity index (χ1n) is 12.0. The number of halogens is 2. The lowest BCUT2D eigenvalue weighted by atomic mass is 10.0. The van der Waals surface area contributed by atoms with Crippen molar-refractivity contribution in [2.24, 2.45) is 0 Å². The van der Waals surface area contributed by atoms with E-state index in [1.54, 1.807) is 35.3 Å². The first-order chi connectivity index (χ1) is 18.8. The highest BCUT2D eigenvalue weighted by Gasteiger charge is 2.30. The molecule has 0 bridgehead atoms. The summed E-state index contributed by atoms with van der Waals surface area (Å²) in [5, 5.41) is 0. The Labute approximate surface area is 221 Å². The summed E-state index contributed by atoms with van der Waals surface area (Å²) in [6.07, 6.45) is 10.2. The predicted octanol–water partition coefficient (Wildman–Crippen LogP) is 3.65. The van der Waals surface area contributed by atoms with Crippen LogP contribution in [0.3, 0.4) is 0 Å². The third-order valence-electron chi connectivity index (χ3n) is 6.65. The standard InChI is InChI=1S/C26H21F2N7O3S/c27-17-3-6-21(28)20(12-17)22-2-1-10-34(22)18-4-7-25-31-14-23(35(25)15-18)26(36)32-39(37,38)19-5-8-24(30-13-19)33-11-9-29-16-33/h3-9,11-16,22H,1-2,10H2,(H,32,36). The molecule has 1 aliphatic heterocycles. The number of amides is 1. The van der Waals surface area contributed by atoms with Gasteiger partial charge in [-0.15, -0.1) is 0 Å². The Morgan fingerprint density at radius 1 is 1.05 bits per heavy atom. The van der Waals surface area contributed by atoms with E-state index in [9.17, 15) is 22.0 Å². The fourth-order valence-corrected chi connectivity index (χ4v) is 5.69. The number of anilines is 1. The number of sulfonamides is 1. The summed E-state index contributed by atoms with van der Waals surface area (Å²) >= 11 is 0. The van der Waals surface area contributed by atoms with Crippen molar-refractivity contribution < 1.29 is 22.0 Å². The summed E-state index contributed by atoms with van der Waals surface area (Å²) in [6.45, 7) is 0.596. The number of hydrogen-bond donors (Lipinski definition) is 1. The smallest absolute Gasteiger partial charge is 0.283 e. The van der Waals surface area contributed by atoms with Crippen molar-refractivity contribution in [3.63, 3.8) is 0 Å². The van der Waals surface area contributed by atoms with E-state index in [2.05, 4.69) is 19.7 Å². The van der Waals surface area contributed by atoms with Crippen molar-refractivity contribution in [2.75, 3.05) is 11.4 Å². The molecule has 1 amide bonds. The molecular formula is C26H21F2N7O3S. The lowest BCUT2D eigenvalue weighted by molar-refractivity contribution is 0.0975. The van der Waals surface area contributed by atoms with Crippen LogP contribution in [-0.4, -0.2) is 44.8 Å². The van der Waals surface area contributed by atoms with Crippen LogP contribution in [0.5, 0.6) is 0 Å². The second kappa shape index (κ2) is 9.58. The maximum absolute atomic E-state index is 14.5. The molecule has 4 aromatic heterocycles. The third kappa shape index (κ3) is 4.61. The van der Waals surface area contributed by atoms with Gasteiger partial charge in [0.25, 0.3) is 15.9 Å². The molecule has 5 heterocycles. The predicted molar refractivity (Wildman–Crippen MR) is 137 cm³/mol. The molecule has 1 fully saturated rings. The van der Waals surface area contributed by atoms with Crippen molar-refractivity contribution in [3.8, 4) is 5.82 Å². The molecule has 0 saturated carbocycles. The van der Waals surface area contributed by atoms with Crippen LogP contribution in [-0.2, 0) is 10.0 Å². The van der Waals surface area contributed by atoms with Gasteiger partial charge in [-0.25, -0.2) is 36.9 Å². The van der Waals surface area contributed by atoms with Gasteiger partial charge in [0.05, 0.1) is 17.9 Å². The molecule has 1 N–H and O–H groups in total. The molecule has 1 unspecified atom stereocenters. The Balaban J connectivity index is 1.27. The summed E-state index contributed by atoms with van der Waals surface area (Å²) < 4.78 is 59.4. The number of nitrogens with zero attached hydrogens (tertiary/aromatic N) is 6. The van der Waals surface area contributed by atoms with Crippen LogP contribution in [0.25, 0.3) is 11.5 Å². The molecule has 1 aromatic carbocycles. The molecule has 0 radical (unpaired) electrons. The minimum atomic E-state index is -4.23. The first kappa shape index (κ1) is 24.7. The highest BCUT2D eigenvalue weighted by molar-refractivity contribution is 7.90. The fourth-order valence-electron chi connectivity index (χ4n) is 4.79. The zero-order valence-corrected chi connectivity index (χ0v) is 21.1. The molecule has 5 aromatic rings. The Kier molecular flexibility index (Phi) is 6.06. The number of pyridine rings is 2. The van der Waals surface area contributed by atoms with Crippen molar-refractivity contribution >= 4 is 27.3 Å². The quantitative estimate of drug-likeness (QED) is 0.344. The topological polar surface area (TPSA) is 114 Å². The van der Waals surface area contributed by atoms with E-state index in [1.165, 1.54) is 35.1 Å².